The number of fused-ring (bicyclic) bond motifs is 5. The highest BCUT2D eigenvalue weighted by molar-refractivity contribution is 5.83. The number of ketones is 1. The van der Waals surface area contributed by atoms with Gasteiger partial charge in [0, 0.05) is 25.0 Å². The molecule has 7 nitrogen and oxygen atoms in total. The zero-order valence-corrected chi connectivity index (χ0v) is 20.9. The molecule has 1 aromatic rings. The van der Waals surface area contributed by atoms with Crippen LogP contribution in [-0.2, 0) is 16.0 Å². The highest BCUT2D eigenvalue weighted by Crippen LogP contribution is 2.67. The van der Waals surface area contributed by atoms with E-state index in [-0.39, 0.29) is 23.5 Å². The smallest absolute Gasteiger partial charge is 0.144 e. The van der Waals surface area contributed by atoms with Crippen molar-refractivity contribution in [2.24, 2.45) is 40.4 Å². The predicted molar refractivity (Wildman–Crippen MR) is 128 cm³/mol. The van der Waals surface area contributed by atoms with Crippen LogP contribution in [0.5, 0.6) is 0 Å². The van der Waals surface area contributed by atoms with E-state index < -0.39 is 0 Å². The molecule has 4 aliphatic carbocycles. The van der Waals surface area contributed by atoms with Gasteiger partial charge < -0.3 is 9.84 Å². The van der Waals surface area contributed by atoms with Crippen molar-refractivity contribution in [3.8, 4) is 0 Å². The molecule has 5 aliphatic rings. The average Bonchev–Trinajstić information content (AvgIpc) is 3.46. The summed E-state index contributed by atoms with van der Waals surface area (Å²) < 4.78 is 5.60. The van der Waals surface area contributed by atoms with E-state index in [1.807, 2.05) is 0 Å². The van der Waals surface area contributed by atoms with Crippen LogP contribution in [-0.4, -0.2) is 69.4 Å². The Balaban J connectivity index is 1.21. The summed E-state index contributed by atoms with van der Waals surface area (Å²) in [7, 11) is 0. The molecular weight excluding hydrogens is 428 g/mol. The van der Waals surface area contributed by atoms with E-state index >= 15 is 0 Å². The van der Waals surface area contributed by atoms with Crippen molar-refractivity contribution < 1.29 is 14.6 Å². The third kappa shape index (κ3) is 3.60. The molecule has 0 radical (unpaired) electrons. The number of carbonyl (C=O) groups excluding carboxylic acids is 1. The Morgan fingerprint density at radius 2 is 1.94 bits per heavy atom. The van der Waals surface area contributed by atoms with Crippen molar-refractivity contribution in [3.05, 3.63) is 12.2 Å². The molecule has 7 heteroatoms. The van der Waals surface area contributed by atoms with Gasteiger partial charge >= 0.3 is 0 Å². The Hall–Kier alpha value is -1.31. The lowest BCUT2D eigenvalue weighted by molar-refractivity contribution is -0.156. The van der Waals surface area contributed by atoms with E-state index in [0.29, 0.717) is 35.3 Å². The summed E-state index contributed by atoms with van der Waals surface area (Å²) in [6.07, 6.45) is 10.9. The number of ether oxygens (including phenoxy) is 1. The van der Waals surface area contributed by atoms with E-state index in [1.165, 1.54) is 38.4 Å². The van der Waals surface area contributed by atoms with Gasteiger partial charge in [0.1, 0.15) is 17.9 Å². The highest BCUT2D eigenvalue weighted by Gasteiger charge is 2.62. The summed E-state index contributed by atoms with van der Waals surface area (Å²) in [5, 5.41) is 17.9. The van der Waals surface area contributed by atoms with Crippen LogP contribution in [0.25, 0.3) is 0 Å². The third-order valence-corrected chi connectivity index (χ3v) is 11.4. The van der Waals surface area contributed by atoms with Crippen molar-refractivity contribution in [2.45, 2.75) is 83.8 Å². The lowest BCUT2D eigenvalue weighted by Crippen LogP contribution is -2.60. The monoisotopic (exact) mass is 470 g/mol. The number of hydrogen-bond acceptors (Lipinski definition) is 6. The maximum absolute atomic E-state index is 13.3. The number of Topliss-reactive ketones (excluding diaryl/α,β-unsaturated/α-hetero) is 1. The van der Waals surface area contributed by atoms with Gasteiger partial charge in [0.15, 0.2) is 0 Å². The lowest BCUT2D eigenvalue weighted by atomic mass is 9.44. The molecule has 0 unspecified atom stereocenters. The predicted octanol–water partition coefficient (Wildman–Crippen LogP) is 3.25. The molecule has 188 valence electrons. The van der Waals surface area contributed by atoms with Gasteiger partial charge in [0.2, 0.25) is 0 Å². The maximum Gasteiger partial charge on any atom is 0.144 e. The Kier molecular flexibility index (Phi) is 5.89. The molecule has 1 aromatic heterocycles. The largest absolute Gasteiger partial charge is 0.391 e. The Morgan fingerprint density at radius 1 is 1.15 bits per heavy atom. The van der Waals surface area contributed by atoms with Crippen LogP contribution in [0.15, 0.2) is 6.33 Å². The van der Waals surface area contributed by atoms with Gasteiger partial charge in [0.25, 0.3) is 0 Å². The molecule has 34 heavy (non-hydrogen) atoms. The number of aliphatic hydroxyl groups is 1. The minimum atomic E-state index is -0.203. The quantitative estimate of drug-likeness (QED) is 0.702. The normalized spacial score (nSPS) is 47.0. The molecular formula is C27H42N4O3. The molecule has 0 amide bonds. The first-order chi connectivity index (χ1) is 16.4. The number of rotatable bonds is 4. The van der Waals surface area contributed by atoms with Crippen LogP contribution in [0.3, 0.4) is 0 Å². The average molecular weight is 471 g/mol. The van der Waals surface area contributed by atoms with E-state index in [2.05, 4.69) is 33.9 Å². The number of H-pyrrole nitrogens is 1. The fourth-order valence-corrected chi connectivity index (χ4v) is 9.69. The Labute approximate surface area is 203 Å². The fourth-order valence-electron chi connectivity index (χ4n) is 9.69. The van der Waals surface area contributed by atoms with Gasteiger partial charge in [-0.05, 0) is 85.9 Å². The van der Waals surface area contributed by atoms with Crippen molar-refractivity contribution in [3.63, 3.8) is 0 Å². The van der Waals surface area contributed by atoms with E-state index in [4.69, 9.17) is 4.74 Å². The molecule has 0 spiro atoms. The summed E-state index contributed by atoms with van der Waals surface area (Å²) >= 11 is 0. The third-order valence-electron chi connectivity index (χ3n) is 11.4. The first kappa shape index (κ1) is 23.1. The first-order valence-electron chi connectivity index (χ1n) is 13.8. The molecule has 1 saturated heterocycles. The standard InChI is InChI=1S/C27H42N4O3/c1-26-8-7-20-18(19(26)5-6-21(26)23(32)14-25-28-16-29-30-25)4-3-17-13-24(33)22(15-27(17,20)2)31-9-11-34-12-10-31/h16-22,24,33H,3-15H2,1-2H3,(H,28,29,30)/t17-,18-,19-,20-,21+,22-,24-,26-,27-/m0/s1. The van der Waals surface area contributed by atoms with Crippen molar-refractivity contribution in [2.75, 3.05) is 26.3 Å². The molecule has 0 aromatic carbocycles. The molecule has 1 aliphatic heterocycles. The molecule has 0 bridgehead atoms. The van der Waals surface area contributed by atoms with Crippen molar-refractivity contribution in [1.82, 2.24) is 20.1 Å². The van der Waals surface area contributed by atoms with Crippen LogP contribution in [0.4, 0.5) is 0 Å². The second-order valence-corrected chi connectivity index (χ2v) is 12.6. The number of morpholine rings is 1. The Bertz CT molecular complexity index is 886. The molecule has 5 fully saturated rings. The molecule has 2 N–H and O–H groups in total. The summed E-state index contributed by atoms with van der Waals surface area (Å²) in [6.45, 7) is 8.48. The SMILES string of the molecule is C[C@]12C[C@H](N3CCOCC3)[C@@H](O)C[C@@H]1CC[C@@H]1[C@@H]2CC[C@]2(C)[C@@H](C(=O)Cc3ncn[nH]3)CC[C@@H]12. The summed E-state index contributed by atoms with van der Waals surface area (Å²) in [5.74, 6) is 3.95. The van der Waals surface area contributed by atoms with Crippen molar-refractivity contribution >= 4 is 5.78 Å². The number of aliphatic hydroxyl groups excluding tert-OH is 1. The minimum absolute atomic E-state index is 0.124. The molecule has 4 saturated carbocycles. The second kappa shape index (κ2) is 8.67. The summed E-state index contributed by atoms with van der Waals surface area (Å²) in [5.41, 5.74) is 0.424. The number of hydrogen-bond donors (Lipinski definition) is 2. The summed E-state index contributed by atoms with van der Waals surface area (Å²) in [6, 6.07) is 0.275. The zero-order valence-electron chi connectivity index (χ0n) is 20.9. The first-order valence-corrected chi connectivity index (χ1v) is 13.8. The van der Waals surface area contributed by atoms with E-state index in [9.17, 15) is 9.90 Å². The van der Waals surface area contributed by atoms with Gasteiger partial charge in [-0.25, -0.2) is 4.98 Å². The van der Waals surface area contributed by atoms with Gasteiger partial charge in [-0.1, -0.05) is 13.8 Å². The molecule has 9 atom stereocenters. The van der Waals surface area contributed by atoms with Crippen LogP contribution in [0.1, 0.15) is 71.0 Å². The number of aromatic nitrogens is 3. The highest BCUT2D eigenvalue weighted by atomic mass is 16.5. The number of aromatic amines is 1. The van der Waals surface area contributed by atoms with E-state index in [0.717, 1.165) is 57.4 Å². The Morgan fingerprint density at radius 3 is 2.71 bits per heavy atom. The van der Waals surface area contributed by atoms with Gasteiger partial charge in [-0.15, -0.1) is 0 Å². The van der Waals surface area contributed by atoms with Gasteiger partial charge in [-0.2, -0.15) is 5.10 Å². The molecule has 2 heterocycles. The zero-order chi connectivity index (χ0) is 23.5. The van der Waals surface area contributed by atoms with Gasteiger partial charge in [-0.3, -0.25) is 14.8 Å². The summed E-state index contributed by atoms with van der Waals surface area (Å²) in [4.78, 5) is 20.1. The van der Waals surface area contributed by atoms with Crippen molar-refractivity contribution in [1.29, 1.82) is 0 Å². The topological polar surface area (TPSA) is 91.3 Å². The number of nitrogens with zero attached hydrogens (tertiary/aromatic N) is 3. The maximum atomic E-state index is 13.3. The molecule has 6 rings (SSSR count). The van der Waals surface area contributed by atoms with Crippen LogP contribution in [0.2, 0.25) is 0 Å². The van der Waals surface area contributed by atoms with Crippen LogP contribution in [0, 0.1) is 40.4 Å². The lowest BCUT2D eigenvalue weighted by Gasteiger charge is -2.62. The van der Waals surface area contributed by atoms with Crippen LogP contribution >= 0.6 is 0 Å². The number of carbonyl (C=O) groups is 1. The number of nitrogens with one attached hydrogen (secondary N) is 1. The van der Waals surface area contributed by atoms with E-state index in [1.54, 1.807) is 0 Å². The van der Waals surface area contributed by atoms with Crippen LogP contribution < -0.4 is 0 Å². The van der Waals surface area contributed by atoms with Gasteiger partial charge in [0.05, 0.1) is 25.7 Å². The second-order valence-electron chi connectivity index (χ2n) is 12.6. The fraction of sp³-hybridized carbons (Fsp3) is 0.889. The minimum Gasteiger partial charge on any atom is -0.391 e.